The molecule has 0 saturated carbocycles. The van der Waals surface area contributed by atoms with Gasteiger partial charge in [0.2, 0.25) is 0 Å². The van der Waals surface area contributed by atoms with Gasteiger partial charge in [-0.3, -0.25) is 9.69 Å². The highest BCUT2D eigenvalue weighted by Crippen LogP contribution is 2.21. The van der Waals surface area contributed by atoms with E-state index in [1.54, 1.807) is 4.90 Å². The number of hydrogen-bond acceptors (Lipinski definition) is 5. The van der Waals surface area contributed by atoms with Gasteiger partial charge in [-0.2, -0.15) is 0 Å². The maximum absolute atomic E-state index is 13.0. The standard InChI is InChI=1S/C21H32N2O4S/c1-4-10-23(20-9-11-28(25,26)15-20)21(24)19-7-5-18(6-8-19)14-22-12-16(2)27-17(3)13-22/h5-8,16-17,20H,4,9-15H2,1-3H3. The van der Waals surface area contributed by atoms with Crippen LogP contribution >= 0.6 is 0 Å². The van der Waals surface area contributed by atoms with Crippen molar-refractivity contribution in [3.8, 4) is 0 Å². The molecule has 0 N–H and O–H groups in total. The molecule has 0 spiro atoms. The molecule has 2 fully saturated rings. The van der Waals surface area contributed by atoms with E-state index < -0.39 is 9.84 Å². The fourth-order valence-electron chi connectivity index (χ4n) is 4.30. The van der Waals surface area contributed by atoms with Crippen LogP contribution < -0.4 is 0 Å². The first-order chi connectivity index (χ1) is 13.3. The van der Waals surface area contributed by atoms with Gasteiger partial charge in [0.1, 0.15) is 0 Å². The Kier molecular flexibility index (Phi) is 6.78. The Morgan fingerprint density at radius 3 is 2.36 bits per heavy atom. The zero-order valence-electron chi connectivity index (χ0n) is 17.1. The smallest absolute Gasteiger partial charge is 0.254 e. The molecular formula is C21H32N2O4S. The van der Waals surface area contributed by atoms with Crippen molar-refractivity contribution in [3.05, 3.63) is 35.4 Å². The second-order valence-electron chi connectivity index (χ2n) is 8.20. The summed E-state index contributed by atoms with van der Waals surface area (Å²) < 4.78 is 29.5. The average molecular weight is 409 g/mol. The van der Waals surface area contributed by atoms with Crippen molar-refractivity contribution in [2.75, 3.05) is 31.1 Å². The van der Waals surface area contributed by atoms with Gasteiger partial charge in [-0.25, -0.2) is 8.42 Å². The first kappa shape index (κ1) is 21.3. The first-order valence-corrected chi connectivity index (χ1v) is 12.1. The lowest BCUT2D eigenvalue weighted by molar-refractivity contribution is -0.0704. The third kappa shape index (κ3) is 5.33. The average Bonchev–Trinajstić information content (AvgIpc) is 2.98. The Bertz CT molecular complexity index is 768. The summed E-state index contributed by atoms with van der Waals surface area (Å²) in [5.41, 5.74) is 1.80. The van der Waals surface area contributed by atoms with E-state index in [-0.39, 0.29) is 35.7 Å². The van der Waals surface area contributed by atoms with Crippen molar-refractivity contribution >= 4 is 15.7 Å². The molecule has 1 aromatic carbocycles. The molecule has 2 aliphatic heterocycles. The SMILES string of the molecule is CCCN(C(=O)c1ccc(CN2CC(C)OC(C)C2)cc1)C1CCS(=O)(=O)C1. The molecule has 2 saturated heterocycles. The summed E-state index contributed by atoms with van der Waals surface area (Å²) in [4.78, 5) is 17.2. The molecule has 0 radical (unpaired) electrons. The number of rotatable bonds is 6. The molecule has 2 aliphatic rings. The second kappa shape index (κ2) is 8.93. The van der Waals surface area contributed by atoms with E-state index in [9.17, 15) is 13.2 Å². The second-order valence-corrected chi connectivity index (χ2v) is 10.4. The van der Waals surface area contributed by atoms with Crippen molar-refractivity contribution in [3.63, 3.8) is 0 Å². The summed E-state index contributed by atoms with van der Waals surface area (Å²) in [6, 6.07) is 7.56. The summed E-state index contributed by atoms with van der Waals surface area (Å²) in [7, 11) is -3.02. The highest BCUT2D eigenvalue weighted by atomic mass is 32.2. The summed E-state index contributed by atoms with van der Waals surface area (Å²) >= 11 is 0. The van der Waals surface area contributed by atoms with Crippen LogP contribution in [0.2, 0.25) is 0 Å². The zero-order chi connectivity index (χ0) is 20.3. The number of benzene rings is 1. The van der Waals surface area contributed by atoms with Crippen molar-refractivity contribution in [2.24, 2.45) is 0 Å². The number of nitrogens with zero attached hydrogens (tertiary/aromatic N) is 2. The van der Waals surface area contributed by atoms with E-state index in [1.165, 1.54) is 5.56 Å². The Balaban J connectivity index is 1.66. The minimum Gasteiger partial charge on any atom is -0.373 e. The molecule has 1 amide bonds. The molecular weight excluding hydrogens is 376 g/mol. The zero-order valence-corrected chi connectivity index (χ0v) is 18.0. The quantitative estimate of drug-likeness (QED) is 0.723. The van der Waals surface area contributed by atoms with Crippen molar-refractivity contribution in [2.45, 2.75) is 58.4 Å². The maximum Gasteiger partial charge on any atom is 0.254 e. The summed E-state index contributed by atoms with van der Waals surface area (Å²) in [6.45, 7) is 9.44. The minimum absolute atomic E-state index is 0.0656. The molecule has 2 heterocycles. The number of amides is 1. The molecule has 6 nitrogen and oxygen atoms in total. The third-order valence-corrected chi connectivity index (χ3v) is 7.23. The lowest BCUT2D eigenvalue weighted by Crippen LogP contribution is -2.44. The summed E-state index contributed by atoms with van der Waals surface area (Å²) in [6.07, 6.45) is 1.82. The molecule has 3 unspecified atom stereocenters. The largest absolute Gasteiger partial charge is 0.373 e. The molecule has 7 heteroatoms. The van der Waals surface area contributed by atoms with Gasteiger partial charge in [0.15, 0.2) is 9.84 Å². The van der Waals surface area contributed by atoms with Crippen LogP contribution in [0.4, 0.5) is 0 Å². The van der Waals surface area contributed by atoms with Crippen LogP contribution in [0.3, 0.4) is 0 Å². The summed E-state index contributed by atoms with van der Waals surface area (Å²) in [5, 5.41) is 0. The van der Waals surface area contributed by atoms with Gasteiger partial charge < -0.3 is 9.64 Å². The number of ether oxygens (including phenoxy) is 1. The first-order valence-electron chi connectivity index (χ1n) is 10.3. The van der Waals surface area contributed by atoms with Crippen molar-refractivity contribution in [1.29, 1.82) is 0 Å². The molecule has 3 rings (SSSR count). The van der Waals surface area contributed by atoms with Gasteiger partial charge in [-0.05, 0) is 44.4 Å². The number of carbonyl (C=O) groups is 1. The Labute approximate surface area is 168 Å². The van der Waals surface area contributed by atoms with Crippen LogP contribution in [0.25, 0.3) is 0 Å². The van der Waals surface area contributed by atoms with E-state index in [4.69, 9.17) is 4.74 Å². The maximum atomic E-state index is 13.0. The number of sulfone groups is 1. The van der Waals surface area contributed by atoms with Crippen LogP contribution in [0.5, 0.6) is 0 Å². The molecule has 28 heavy (non-hydrogen) atoms. The van der Waals surface area contributed by atoms with Gasteiger partial charge >= 0.3 is 0 Å². The van der Waals surface area contributed by atoms with Crippen LogP contribution in [-0.4, -0.2) is 73.5 Å². The van der Waals surface area contributed by atoms with Gasteiger partial charge in [0.05, 0.1) is 23.7 Å². The summed E-state index contributed by atoms with van der Waals surface area (Å²) in [5.74, 6) is 0.203. The van der Waals surface area contributed by atoms with Crippen molar-refractivity contribution in [1.82, 2.24) is 9.80 Å². The Morgan fingerprint density at radius 1 is 1.18 bits per heavy atom. The molecule has 0 bridgehead atoms. The Hall–Kier alpha value is -1.44. The highest BCUT2D eigenvalue weighted by molar-refractivity contribution is 7.91. The normalized spacial score (nSPS) is 27.6. The third-order valence-electron chi connectivity index (χ3n) is 5.48. The van der Waals surface area contributed by atoms with E-state index >= 15 is 0 Å². The fourth-order valence-corrected chi connectivity index (χ4v) is 6.03. The van der Waals surface area contributed by atoms with Gasteiger partial charge in [0.25, 0.3) is 5.91 Å². The molecule has 1 aromatic rings. The number of morpholine rings is 1. The fraction of sp³-hybridized carbons (Fsp3) is 0.667. The van der Waals surface area contributed by atoms with E-state index in [2.05, 4.69) is 18.7 Å². The van der Waals surface area contributed by atoms with Gasteiger partial charge in [-0.15, -0.1) is 0 Å². The monoisotopic (exact) mass is 408 g/mol. The van der Waals surface area contributed by atoms with Crippen LogP contribution in [-0.2, 0) is 21.1 Å². The van der Waals surface area contributed by atoms with Crippen LogP contribution in [0, 0.1) is 0 Å². The number of hydrogen-bond donors (Lipinski definition) is 0. The predicted octanol–water partition coefficient (Wildman–Crippen LogP) is 2.34. The van der Waals surface area contributed by atoms with Gasteiger partial charge in [0, 0.05) is 37.8 Å². The van der Waals surface area contributed by atoms with Crippen molar-refractivity contribution < 1.29 is 17.9 Å². The predicted molar refractivity (Wildman–Crippen MR) is 110 cm³/mol. The highest BCUT2D eigenvalue weighted by Gasteiger charge is 2.34. The lowest BCUT2D eigenvalue weighted by atomic mass is 10.1. The number of carbonyl (C=O) groups excluding carboxylic acids is 1. The van der Waals surface area contributed by atoms with E-state index in [0.29, 0.717) is 18.5 Å². The molecule has 0 aliphatic carbocycles. The topological polar surface area (TPSA) is 66.9 Å². The molecule has 0 aromatic heterocycles. The lowest BCUT2D eigenvalue weighted by Gasteiger charge is -2.35. The van der Waals surface area contributed by atoms with Crippen LogP contribution in [0.15, 0.2) is 24.3 Å². The van der Waals surface area contributed by atoms with E-state index in [1.807, 2.05) is 31.2 Å². The van der Waals surface area contributed by atoms with E-state index in [0.717, 1.165) is 26.1 Å². The Morgan fingerprint density at radius 2 is 1.82 bits per heavy atom. The minimum atomic E-state index is -3.02. The van der Waals surface area contributed by atoms with Gasteiger partial charge in [-0.1, -0.05) is 19.1 Å². The molecule has 3 atom stereocenters. The van der Waals surface area contributed by atoms with Crippen LogP contribution in [0.1, 0.15) is 49.5 Å². The molecule has 156 valence electrons.